The first-order valence-corrected chi connectivity index (χ1v) is 8.63. The van der Waals surface area contributed by atoms with Crippen LogP contribution in [0.2, 0.25) is 0 Å². The molecule has 3 rings (SSSR count). The molecule has 0 aliphatic carbocycles. The number of carbonyl (C=O) groups is 1. The Morgan fingerprint density at radius 2 is 1.96 bits per heavy atom. The number of aliphatic carboxylic acids is 1. The monoisotopic (exact) mass is 398 g/mol. The van der Waals surface area contributed by atoms with Gasteiger partial charge >= 0.3 is 5.97 Å². The zero-order valence-electron chi connectivity index (χ0n) is 15.0. The molecule has 1 aromatic carbocycles. The molecule has 1 saturated heterocycles. The third-order valence-corrected chi connectivity index (χ3v) is 4.66. The molecule has 1 aromatic heterocycles. The maximum absolute atomic E-state index is 11.0. The Bertz CT molecular complexity index is 829. The standard InChI is InChI=1S/C18H22O10/c1-25-17-8(2-3-13(20)21)11(6-10-9(17)4-5-26-10)27-18-16(24)15(23)14(22)12(7-19)28-18/h4-6,12,14-16,18-19,22-24H,2-3,7H2,1H3,(H,20,21)/t12-,14-,15+,16-,18+/m1/s1. The van der Waals surface area contributed by atoms with Crippen molar-refractivity contribution in [3.05, 3.63) is 24.0 Å². The van der Waals surface area contributed by atoms with Crippen molar-refractivity contribution in [1.29, 1.82) is 0 Å². The van der Waals surface area contributed by atoms with Gasteiger partial charge in [0.05, 0.1) is 25.4 Å². The lowest BCUT2D eigenvalue weighted by molar-refractivity contribution is -0.277. The van der Waals surface area contributed by atoms with Gasteiger partial charge in [0.2, 0.25) is 6.29 Å². The van der Waals surface area contributed by atoms with Crippen LogP contribution < -0.4 is 9.47 Å². The summed E-state index contributed by atoms with van der Waals surface area (Å²) in [6.45, 7) is -0.600. The van der Waals surface area contributed by atoms with E-state index >= 15 is 0 Å². The number of hydrogen-bond acceptors (Lipinski definition) is 9. The number of aliphatic hydroxyl groups is 4. The van der Waals surface area contributed by atoms with Crippen molar-refractivity contribution in [1.82, 2.24) is 0 Å². The zero-order valence-corrected chi connectivity index (χ0v) is 15.0. The minimum Gasteiger partial charge on any atom is -0.496 e. The normalized spacial score (nSPS) is 27.7. The van der Waals surface area contributed by atoms with E-state index < -0.39 is 43.3 Å². The Morgan fingerprint density at radius 1 is 1.21 bits per heavy atom. The van der Waals surface area contributed by atoms with Crippen LogP contribution in [-0.2, 0) is 16.0 Å². The molecule has 1 aliphatic rings. The Balaban J connectivity index is 1.98. The summed E-state index contributed by atoms with van der Waals surface area (Å²) in [4.78, 5) is 11.0. The maximum Gasteiger partial charge on any atom is 0.303 e. The number of aliphatic hydroxyl groups excluding tert-OH is 4. The highest BCUT2D eigenvalue weighted by atomic mass is 16.7. The van der Waals surface area contributed by atoms with E-state index in [1.807, 2.05) is 0 Å². The fourth-order valence-electron chi connectivity index (χ4n) is 3.20. The van der Waals surface area contributed by atoms with Crippen LogP contribution in [0.1, 0.15) is 12.0 Å². The Morgan fingerprint density at radius 3 is 2.61 bits per heavy atom. The highest BCUT2D eigenvalue weighted by molar-refractivity contribution is 5.88. The van der Waals surface area contributed by atoms with E-state index in [4.69, 9.17) is 23.7 Å². The number of benzene rings is 1. The van der Waals surface area contributed by atoms with Gasteiger partial charge in [0.1, 0.15) is 41.5 Å². The molecule has 0 bridgehead atoms. The molecule has 28 heavy (non-hydrogen) atoms. The highest BCUT2D eigenvalue weighted by Crippen LogP contribution is 2.39. The van der Waals surface area contributed by atoms with Gasteiger partial charge in [-0.2, -0.15) is 0 Å². The van der Waals surface area contributed by atoms with E-state index in [9.17, 15) is 25.2 Å². The van der Waals surface area contributed by atoms with Gasteiger partial charge in [0.25, 0.3) is 0 Å². The number of ether oxygens (including phenoxy) is 3. The quantitative estimate of drug-likeness (QED) is 0.417. The van der Waals surface area contributed by atoms with Crippen molar-refractivity contribution < 1.29 is 49.0 Å². The van der Waals surface area contributed by atoms with Gasteiger partial charge in [-0.3, -0.25) is 4.79 Å². The topological polar surface area (TPSA) is 159 Å². The summed E-state index contributed by atoms with van der Waals surface area (Å²) in [5, 5.41) is 49.0. The summed E-state index contributed by atoms with van der Waals surface area (Å²) in [5.41, 5.74) is 0.811. The SMILES string of the molecule is COc1c(CCC(=O)O)c(O[C@H]2O[C@H](CO)[C@@H](O)[C@H](O)[C@H]2O)cc2occc12. The van der Waals surface area contributed by atoms with Crippen LogP contribution in [0, 0.1) is 0 Å². The van der Waals surface area contributed by atoms with Gasteiger partial charge < -0.3 is 44.2 Å². The predicted octanol–water partition coefficient (Wildman–Crippen LogP) is -0.363. The van der Waals surface area contributed by atoms with E-state index in [-0.39, 0.29) is 18.6 Å². The predicted molar refractivity (Wildman–Crippen MR) is 93.1 cm³/mol. The number of furan rings is 1. The summed E-state index contributed by atoms with van der Waals surface area (Å²) in [7, 11) is 1.42. The van der Waals surface area contributed by atoms with Crippen molar-refractivity contribution in [2.45, 2.75) is 43.5 Å². The van der Waals surface area contributed by atoms with Crippen LogP contribution in [0.5, 0.6) is 11.5 Å². The van der Waals surface area contributed by atoms with Gasteiger partial charge in [0, 0.05) is 18.1 Å². The molecule has 5 atom stereocenters. The van der Waals surface area contributed by atoms with E-state index in [2.05, 4.69) is 0 Å². The van der Waals surface area contributed by atoms with Crippen molar-refractivity contribution in [2.24, 2.45) is 0 Å². The van der Waals surface area contributed by atoms with Crippen LogP contribution in [-0.4, -0.2) is 75.9 Å². The van der Waals surface area contributed by atoms with E-state index in [0.717, 1.165) is 0 Å². The van der Waals surface area contributed by atoms with E-state index in [1.54, 1.807) is 6.07 Å². The second kappa shape index (κ2) is 8.33. The molecule has 10 heteroatoms. The number of rotatable bonds is 7. The summed E-state index contributed by atoms with van der Waals surface area (Å²) in [6.07, 6.45) is -6.00. The number of carboxylic acids is 1. The van der Waals surface area contributed by atoms with Crippen molar-refractivity contribution in [2.75, 3.05) is 13.7 Å². The smallest absolute Gasteiger partial charge is 0.303 e. The molecule has 5 N–H and O–H groups in total. The Labute approximate surface area is 159 Å². The summed E-state index contributed by atoms with van der Waals surface area (Å²) in [5.74, 6) is -0.537. The largest absolute Gasteiger partial charge is 0.496 e. The summed E-state index contributed by atoms with van der Waals surface area (Å²) in [6, 6.07) is 3.16. The molecule has 2 aromatic rings. The molecule has 154 valence electrons. The molecule has 10 nitrogen and oxygen atoms in total. The maximum atomic E-state index is 11.0. The minimum absolute atomic E-state index is 0.0619. The fourth-order valence-corrected chi connectivity index (χ4v) is 3.20. The van der Waals surface area contributed by atoms with Crippen molar-refractivity contribution in [3.63, 3.8) is 0 Å². The molecule has 1 aliphatic heterocycles. The van der Waals surface area contributed by atoms with Gasteiger partial charge in [-0.15, -0.1) is 0 Å². The van der Waals surface area contributed by atoms with Crippen LogP contribution in [0.15, 0.2) is 22.8 Å². The number of methoxy groups -OCH3 is 1. The molecule has 0 amide bonds. The van der Waals surface area contributed by atoms with Crippen LogP contribution in [0.3, 0.4) is 0 Å². The lowest BCUT2D eigenvalue weighted by Crippen LogP contribution is -2.60. The second-order valence-corrected chi connectivity index (χ2v) is 6.43. The molecule has 1 fully saturated rings. The molecule has 0 saturated carbocycles. The molecule has 0 radical (unpaired) electrons. The van der Waals surface area contributed by atoms with Crippen LogP contribution >= 0.6 is 0 Å². The Kier molecular flexibility index (Phi) is 6.06. The summed E-state index contributed by atoms with van der Waals surface area (Å²) < 4.78 is 21.9. The van der Waals surface area contributed by atoms with Crippen molar-refractivity contribution >= 4 is 16.9 Å². The first-order chi connectivity index (χ1) is 13.4. The van der Waals surface area contributed by atoms with E-state index in [0.29, 0.717) is 22.3 Å². The van der Waals surface area contributed by atoms with E-state index in [1.165, 1.54) is 19.4 Å². The van der Waals surface area contributed by atoms with Gasteiger partial charge in [-0.05, 0) is 12.5 Å². The molecule has 0 unspecified atom stereocenters. The van der Waals surface area contributed by atoms with Gasteiger partial charge in [-0.1, -0.05) is 0 Å². The zero-order chi connectivity index (χ0) is 20.4. The van der Waals surface area contributed by atoms with Gasteiger partial charge in [0.15, 0.2) is 0 Å². The first-order valence-electron chi connectivity index (χ1n) is 8.63. The average molecular weight is 398 g/mol. The third-order valence-electron chi connectivity index (χ3n) is 4.66. The number of hydrogen-bond donors (Lipinski definition) is 5. The molecular weight excluding hydrogens is 376 g/mol. The molecule has 2 heterocycles. The minimum atomic E-state index is -1.61. The lowest BCUT2D eigenvalue weighted by Gasteiger charge is -2.39. The van der Waals surface area contributed by atoms with Crippen molar-refractivity contribution in [3.8, 4) is 11.5 Å². The lowest BCUT2D eigenvalue weighted by atomic mass is 9.99. The average Bonchev–Trinajstić information content (AvgIpc) is 3.14. The molecule has 0 spiro atoms. The third kappa shape index (κ3) is 3.77. The van der Waals surface area contributed by atoms with Crippen LogP contribution in [0.4, 0.5) is 0 Å². The second-order valence-electron chi connectivity index (χ2n) is 6.43. The Hall–Kier alpha value is -2.37. The number of fused-ring (bicyclic) bond motifs is 1. The van der Waals surface area contributed by atoms with Gasteiger partial charge in [-0.25, -0.2) is 0 Å². The van der Waals surface area contributed by atoms with Crippen LogP contribution in [0.25, 0.3) is 11.0 Å². The fraction of sp³-hybridized carbons (Fsp3) is 0.500. The summed E-state index contributed by atoms with van der Waals surface area (Å²) >= 11 is 0. The molecular formula is C18H22O10. The number of carboxylic acid groups (broad SMARTS) is 1. The highest BCUT2D eigenvalue weighted by Gasteiger charge is 2.45. The first kappa shape index (κ1) is 20.4.